The lowest BCUT2D eigenvalue weighted by Gasteiger charge is -2.91. The average molecular weight is 847 g/mol. The molecule has 0 saturated heterocycles. The molecule has 8 aromatic carbocycles. The van der Waals surface area contributed by atoms with E-state index < -0.39 is 0 Å². The summed E-state index contributed by atoms with van der Waals surface area (Å²) >= 11 is 0. The highest BCUT2D eigenvalue weighted by Crippen LogP contribution is 2.92. The van der Waals surface area contributed by atoms with Gasteiger partial charge in [0.1, 0.15) is 0 Å². The Kier molecular flexibility index (Phi) is 6.62. The zero-order valence-electron chi connectivity index (χ0n) is 37.4. The van der Waals surface area contributed by atoms with E-state index >= 15 is 0 Å². The first kappa shape index (κ1) is 35.9. The molecule has 2 heterocycles. The molecular weight excluding hydrogens is 796 g/mol. The second kappa shape index (κ2) is 12.2. The minimum Gasteiger partial charge on any atom is -0.355 e. The van der Waals surface area contributed by atoms with E-state index in [1.165, 1.54) is 134 Å². The summed E-state index contributed by atoms with van der Waals surface area (Å²) in [6.45, 7) is 0. The third kappa shape index (κ3) is 4.18. The van der Waals surface area contributed by atoms with Crippen LogP contribution < -0.4 is 16.2 Å². The number of anilines is 2. The van der Waals surface area contributed by atoms with Crippen LogP contribution in [0.1, 0.15) is 62.5 Å². The SMILES string of the molecule is B1c2c(-c3cc4ccccc4cc3Nc3ccc(-c4ccccc4)cc3)cc(-c3ccccc3)cc2-n2c3ccc(C45CC6CC7CC(C4)C765)cc3c3cc(C45CC6CC4CCC65)cc1c32. The fourth-order valence-electron chi connectivity index (χ4n) is 18.1. The molecule has 316 valence electrons. The van der Waals surface area contributed by atoms with E-state index in [4.69, 9.17) is 0 Å². The molecule has 1 N–H and O–H groups in total. The maximum Gasteiger partial charge on any atom is 0.198 e. The molecule has 8 aliphatic carbocycles. The molecule has 8 fully saturated rings. The predicted octanol–water partition coefficient (Wildman–Crippen LogP) is 13.8. The van der Waals surface area contributed by atoms with Crippen molar-refractivity contribution in [3.05, 3.63) is 175 Å². The zero-order valence-corrected chi connectivity index (χ0v) is 37.4. The molecule has 0 amide bonds. The van der Waals surface area contributed by atoms with Crippen molar-refractivity contribution >= 4 is 62.2 Å². The predicted molar refractivity (Wildman–Crippen MR) is 274 cm³/mol. The molecule has 6 atom stereocenters. The van der Waals surface area contributed by atoms with Crippen LogP contribution in [0.3, 0.4) is 0 Å². The van der Waals surface area contributed by atoms with Crippen LogP contribution in [0.2, 0.25) is 0 Å². The smallest absolute Gasteiger partial charge is 0.198 e. The monoisotopic (exact) mass is 846 g/mol. The van der Waals surface area contributed by atoms with E-state index in [0.717, 1.165) is 54.2 Å². The number of benzene rings is 8. The average Bonchev–Trinajstić information content (AvgIpc) is 4.05. The van der Waals surface area contributed by atoms with Crippen molar-refractivity contribution in [2.75, 3.05) is 5.32 Å². The first-order chi connectivity index (χ1) is 32.6. The minimum absolute atomic E-state index is 0.387. The van der Waals surface area contributed by atoms with Gasteiger partial charge in [0.25, 0.3) is 0 Å². The van der Waals surface area contributed by atoms with E-state index in [0.29, 0.717) is 16.2 Å². The van der Waals surface area contributed by atoms with E-state index in [1.807, 2.05) is 0 Å². The van der Waals surface area contributed by atoms with Gasteiger partial charge in [0.2, 0.25) is 0 Å². The van der Waals surface area contributed by atoms with Crippen molar-refractivity contribution in [1.29, 1.82) is 0 Å². The standard InChI is InChI=1S/C63H51BN2/c1-3-9-36(10-4-1)38-15-19-49(20-16-38)65-56-26-40-14-8-7-13-39(40)24-50(56)52-25-41(37-11-5-2-6-12-37)27-58-59(52)64-55-32-45(62-33-42-23-44(62)17-21-54(42)62)31-53-51-30-43(18-22-57(51)66(58)60(53)55)61-34-47-28-46-29-48(35-61)63(46,47)61/h1-16,18-20,22,24-27,30-32,42,44,46-48,54,64-65H,17,21,23,28-29,33-35H2. The van der Waals surface area contributed by atoms with Crippen molar-refractivity contribution < 1.29 is 0 Å². The lowest BCUT2D eigenvalue weighted by molar-refractivity contribution is -0.395. The van der Waals surface area contributed by atoms with Crippen LogP contribution in [0.15, 0.2) is 164 Å². The van der Waals surface area contributed by atoms with Crippen molar-refractivity contribution in [3.8, 4) is 39.1 Å². The van der Waals surface area contributed by atoms with E-state index in [-0.39, 0.29) is 0 Å². The van der Waals surface area contributed by atoms with Crippen molar-refractivity contribution in [2.24, 2.45) is 40.9 Å². The third-order valence-electron chi connectivity index (χ3n) is 20.6. The van der Waals surface area contributed by atoms with E-state index in [2.05, 4.69) is 174 Å². The van der Waals surface area contributed by atoms with E-state index in [1.54, 1.807) is 11.1 Å². The largest absolute Gasteiger partial charge is 0.355 e. The number of hydrogen-bond acceptors (Lipinski definition) is 1. The summed E-state index contributed by atoms with van der Waals surface area (Å²) in [5, 5.41) is 9.53. The highest BCUT2D eigenvalue weighted by molar-refractivity contribution is 6.73. The van der Waals surface area contributed by atoms with Crippen LogP contribution in [-0.4, -0.2) is 11.8 Å². The maximum absolute atomic E-state index is 4.00. The first-order valence-electron chi connectivity index (χ1n) is 25.4. The number of nitrogens with zero attached hydrogens (tertiary/aromatic N) is 1. The molecule has 0 radical (unpaired) electrons. The molecule has 8 saturated carbocycles. The van der Waals surface area contributed by atoms with Gasteiger partial charge in [0.15, 0.2) is 7.28 Å². The lowest BCUT2D eigenvalue weighted by Crippen LogP contribution is -2.87. The Morgan fingerprint density at radius 2 is 1.24 bits per heavy atom. The lowest BCUT2D eigenvalue weighted by atomic mass is 9.12. The Hall–Kier alpha value is -6.32. The summed E-state index contributed by atoms with van der Waals surface area (Å²) in [5.41, 5.74) is 21.8. The van der Waals surface area contributed by atoms with Crippen LogP contribution >= 0.6 is 0 Å². The Labute approximate surface area is 387 Å². The third-order valence-corrected chi connectivity index (χ3v) is 20.6. The topological polar surface area (TPSA) is 17.0 Å². The molecule has 9 aliphatic rings. The molecule has 66 heavy (non-hydrogen) atoms. The molecule has 3 heteroatoms. The van der Waals surface area contributed by atoms with Gasteiger partial charge >= 0.3 is 0 Å². The van der Waals surface area contributed by atoms with Gasteiger partial charge in [-0.15, -0.1) is 0 Å². The number of aromatic nitrogens is 1. The zero-order chi connectivity index (χ0) is 42.7. The van der Waals surface area contributed by atoms with Gasteiger partial charge < -0.3 is 9.88 Å². The van der Waals surface area contributed by atoms with Crippen molar-refractivity contribution in [2.45, 2.75) is 62.2 Å². The van der Waals surface area contributed by atoms with Gasteiger partial charge in [-0.25, -0.2) is 0 Å². The summed E-state index contributed by atoms with van der Waals surface area (Å²) in [7, 11) is 0.929. The first-order valence-corrected chi connectivity index (χ1v) is 25.4. The normalized spacial score (nSPS) is 30.5. The van der Waals surface area contributed by atoms with Crippen LogP contribution in [0.5, 0.6) is 0 Å². The molecule has 1 aliphatic heterocycles. The number of nitrogens with one attached hydrogen (secondary N) is 1. The summed E-state index contributed by atoms with van der Waals surface area (Å²) in [6, 6.07) is 63.1. The molecular formula is C63H51BN2. The van der Waals surface area contributed by atoms with Crippen LogP contribution in [-0.2, 0) is 10.8 Å². The fourth-order valence-corrected chi connectivity index (χ4v) is 18.1. The molecule has 9 aromatic rings. The summed E-state index contributed by atoms with van der Waals surface area (Å²) in [6.07, 6.45) is 11.6. The molecule has 6 unspecified atom stereocenters. The Bertz CT molecular complexity index is 3570. The van der Waals surface area contributed by atoms with Gasteiger partial charge in [-0.3, -0.25) is 0 Å². The Balaban J connectivity index is 0.902. The quantitative estimate of drug-likeness (QED) is 0.158. The molecule has 1 aromatic heterocycles. The van der Waals surface area contributed by atoms with E-state index in [9.17, 15) is 0 Å². The van der Waals surface area contributed by atoms with Gasteiger partial charge in [0, 0.05) is 49.7 Å². The highest BCUT2D eigenvalue weighted by Gasteiger charge is 2.87. The van der Waals surface area contributed by atoms with Crippen molar-refractivity contribution in [1.82, 2.24) is 4.57 Å². The molecule has 18 rings (SSSR count). The number of rotatable bonds is 7. The molecule has 4 bridgehead atoms. The molecule has 1 spiro atoms. The summed E-state index contributed by atoms with van der Waals surface area (Å²) < 4.78 is 2.74. The molecule has 2 nitrogen and oxygen atoms in total. The highest BCUT2D eigenvalue weighted by atomic mass is 15.0. The second-order valence-electron chi connectivity index (χ2n) is 22.6. The Morgan fingerprint density at radius 3 is 1.95 bits per heavy atom. The van der Waals surface area contributed by atoms with Gasteiger partial charge in [-0.05, 0) is 202 Å². The van der Waals surface area contributed by atoms with Crippen LogP contribution in [0.25, 0.3) is 71.6 Å². The van der Waals surface area contributed by atoms with Gasteiger partial charge in [-0.2, -0.15) is 0 Å². The minimum atomic E-state index is 0.387. The van der Waals surface area contributed by atoms with Crippen LogP contribution in [0, 0.1) is 40.9 Å². The van der Waals surface area contributed by atoms with Crippen LogP contribution in [0.4, 0.5) is 11.4 Å². The maximum atomic E-state index is 4.00. The number of hydrogen-bond donors (Lipinski definition) is 1. The van der Waals surface area contributed by atoms with Gasteiger partial charge in [0.05, 0.1) is 5.52 Å². The summed E-state index contributed by atoms with van der Waals surface area (Å²) in [4.78, 5) is 0. The van der Waals surface area contributed by atoms with Crippen molar-refractivity contribution in [3.63, 3.8) is 0 Å². The summed E-state index contributed by atoms with van der Waals surface area (Å²) in [5.74, 6) is 5.70. The fraction of sp³-hybridized carbons (Fsp3) is 0.270. The van der Waals surface area contributed by atoms with Gasteiger partial charge in [-0.1, -0.05) is 115 Å². The second-order valence-corrected chi connectivity index (χ2v) is 22.6. The Morgan fingerprint density at radius 1 is 0.530 bits per heavy atom. The number of fused-ring (bicyclic) bond motifs is 6.